The van der Waals surface area contributed by atoms with E-state index in [-0.39, 0.29) is 5.91 Å². The van der Waals surface area contributed by atoms with Crippen LogP contribution in [0.4, 0.5) is 0 Å². The summed E-state index contributed by atoms with van der Waals surface area (Å²) in [6, 6.07) is 2.00. The molecule has 16 heavy (non-hydrogen) atoms. The molecule has 0 bridgehead atoms. The number of halogens is 1. The van der Waals surface area contributed by atoms with Crippen LogP contribution in [-0.2, 0) is 0 Å². The second-order valence-electron chi connectivity index (χ2n) is 4.29. The Labute approximate surface area is 104 Å². The maximum absolute atomic E-state index is 11.8. The number of hydrogen-bond acceptors (Lipinski definition) is 2. The zero-order valence-corrected chi connectivity index (χ0v) is 10.7. The van der Waals surface area contributed by atoms with E-state index in [0.717, 1.165) is 11.8 Å². The first kappa shape index (κ1) is 11.7. The number of carbonyl (C=O) groups excluding carboxylic acids is 1. The van der Waals surface area contributed by atoms with Crippen molar-refractivity contribution in [2.75, 3.05) is 5.33 Å². The first-order valence-electron chi connectivity index (χ1n) is 5.70. The van der Waals surface area contributed by atoms with Crippen LogP contribution < -0.4 is 5.32 Å². The molecule has 2 rings (SSSR count). The monoisotopic (exact) mass is 285 g/mol. The van der Waals surface area contributed by atoms with E-state index in [1.54, 1.807) is 6.07 Å². The van der Waals surface area contributed by atoms with Crippen LogP contribution in [0.2, 0.25) is 0 Å². The minimum Gasteiger partial charge on any atom is -0.472 e. The first-order chi connectivity index (χ1) is 7.81. The summed E-state index contributed by atoms with van der Waals surface area (Å²) >= 11 is 3.52. The summed E-state index contributed by atoms with van der Waals surface area (Å²) in [5.74, 6) is 0.538. The molecule has 1 N–H and O–H groups in total. The van der Waals surface area contributed by atoms with Crippen molar-refractivity contribution >= 4 is 21.8 Å². The van der Waals surface area contributed by atoms with E-state index in [9.17, 15) is 4.79 Å². The van der Waals surface area contributed by atoms with Gasteiger partial charge in [0.1, 0.15) is 6.26 Å². The van der Waals surface area contributed by atoms with Gasteiger partial charge in [0.05, 0.1) is 11.8 Å². The van der Waals surface area contributed by atoms with Gasteiger partial charge in [-0.15, -0.1) is 0 Å². The first-order valence-corrected chi connectivity index (χ1v) is 6.82. The van der Waals surface area contributed by atoms with Crippen LogP contribution >= 0.6 is 15.9 Å². The van der Waals surface area contributed by atoms with Crippen molar-refractivity contribution in [3.8, 4) is 0 Å². The van der Waals surface area contributed by atoms with Crippen molar-refractivity contribution in [1.29, 1.82) is 0 Å². The van der Waals surface area contributed by atoms with Gasteiger partial charge >= 0.3 is 0 Å². The Hall–Kier alpha value is -0.770. The van der Waals surface area contributed by atoms with Gasteiger partial charge in [0, 0.05) is 11.4 Å². The molecule has 0 saturated heterocycles. The van der Waals surface area contributed by atoms with Gasteiger partial charge in [-0.1, -0.05) is 28.8 Å². The van der Waals surface area contributed by atoms with Gasteiger partial charge in [0.25, 0.3) is 5.91 Å². The fourth-order valence-corrected chi connectivity index (χ4v) is 3.00. The van der Waals surface area contributed by atoms with Crippen molar-refractivity contribution < 1.29 is 9.21 Å². The number of nitrogens with one attached hydrogen (secondary N) is 1. The van der Waals surface area contributed by atoms with Crippen LogP contribution in [0.1, 0.15) is 36.0 Å². The summed E-state index contributed by atoms with van der Waals surface area (Å²) < 4.78 is 4.91. The Kier molecular flexibility index (Phi) is 4.04. The lowest BCUT2D eigenvalue weighted by atomic mass is 9.86. The highest BCUT2D eigenvalue weighted by Gasteiger charge is 2.25. The van der Waals surface area contributed by atoms with Crippen LogP contribution in [0.5, 0.6) is 0 Å². The predicted molar refractivity (Wildman–Crippen MR) is 65.7 cm³/mol. The molecule has 1 aromatic heterocycles. The minimum absolute atomic E-state index is 0.0217. The molecular formula is C12H16BrNO2. The summed E-state index contributed by atoms with van der Waals surface area (Å²) in [6.45, 7) is 0. The van der Waals surface area contributed by atoms with Crippen LogP contribution in [0.25, 0.3) is 0 Å². The molecule has 2 unspecified atom stereocenters. The molecule has 1 aromatic rings. The van der Waals surface area contributed by atoms with Gasteiger partial charge in [-0.2, -0.15) is 0 Å². The topological polar surface area (TPSA) is 42.2 Å². The Morgan fingerprint density at radius 1 is 1.50 bits per heavy atom. The van der Waals surface area contributed by atoms with E-state index in [2.05, 4.69) is 21.2 Å². The highest BCUT2D eigenvalue weighted by molar-refractivity contribution is 9.09. The molecule has 0 radical (unpaired) electrons. The Balaban J connectivity index is 1.95. The number of furan rings is 1. The molecule has 1 amide bonds. The van der Waals surface area contributed by atoms with E-state index in [1.807, 2.05) is 0 Å². The summed E-state index contributed by atoms with van der Waals surface area (Å²) in [5.41, 5.74) is 0.610. The van der Waals surface area contributed by atoms with Gasteiger partial charge in [-0.05, 0) is 24.8 Å². The number of amides is 1. The largest absolute Gasteiger partial charge is 0.472 e. The zero-order valence-electron chi connectivity index (χ0n) is 9.12. The number of hydrogen-bond donors (Lipinski definition) is 1. The van der Waals surface area contributed by atoms with E-state index in [1.165, 1.54) is 31.8 Å². The maximum Gasteiger partial charge on any atom is 0.254 e. The quantitative estimate of drug-likeness (QED) is 0.868. The van der Waals surface area contributed by atoms with E-state index < -0.39 is 0 Å². The number of rotatable bonds is 3. The van der Waals surface area contributed by atoms with Gasteiger partial charge in [-0.25, -0.2) is 0 Å². The van der Waals surface area contributed by atoms with Gasteiger partial charge in [0.15, 0.2) is 0 Å². The molecule has 88 valence electrons. The molecule has 4 heteroatoms. The predicted octanol–water partition coefficient (Wildman–Crippen LogP) is 2.96. The maximum atomic E-state index is 11.8. The van der Waals surface area contributed by atoms with E-state index in [4.69, 9.17) is 4.42 Å². The molecule has 0 aliphatic heterocycles. The summed E-state index contributed by atoms with van der Waals surface area (Å²) in [5, 5.41) is 4.05. The van der Waals surface area contributed by atoms with Crippen LogP contribution in [0.15, 0.2) is 23.0 Å². The van der Waals surface area contributed by atoms with Crippen LogP contribution in [0.3, 0.4) is 0 Å². The molecule has 2 atom stereocenters. The fourth-order valence-electron chi connectivity index (χ4n) is 2.23. The smallest absolute Gasteiger partial charge is 0.254 e. The second kappa shape index (κ2) is 5.53. The SMILES string of the molecule is O=C(NC1CCCCC1CBr)c1ccoc1. The normalized spacial score (nSPS) is 25.3. The van der Waals surface area contributed by atoms with Crippen molar-refractivity contribution in [3.05, 3.63) is 24.2 Å². The number of alkyl halides is 1. The zero-order chi connectivity index (χ0) is 11.4. The fraction of sp³-hybridized carbons (Fsp3) is 0.583. The van der Waals surface area contributed by atoms with E-state index >= 15 is 0 Å². The van der Waals surface area contributed by atoms with Crippen LogP contribution in [-0.4, -0.2) is 17.3 Å². The lowest BCUT2D eigenvalue weighted by Gasteiger charge is -2.30. The Bertz CT molecular complexity index is 337. The van der Waals surface area contributed by atoms with Crippen molar-refractivity contribution in [3.63, 3.8) is 0 Å². The summed E-state index contributed by atoms with van der Waals surface area (Å²) in [7, 11) is 0. The summed E-state index contributed by atoms with van der Waals surface area (Å²) in [6.07, 6.45) is 7.77. The average Bonchev–Trinajstić information content (AvgIpc) is 2.83. The molecule has 0 spiro atoms. The van der Waals surface area contributed by atoms with Crippen molar-refractivity contribution in [1.82, 2.24) is 5.32 Å². The van der Waals surface area contributed by atoms with Crippen molar-refractivity contribution in [2.45, 2.75) is 31.7 Å². The minimum atomic E-state index is -0.0217. The Morgan fingerprint density at radius 2 is 2.31 bits per heavy atom. The second-order valence-corrected chi connectivity index (χ2v) is 4.94. The third-order valence-electron chi connectivity index (χ3n) is 3.21. The molecular weight excluding hydrogens is 270 g/mol. The lowest BCUT2D eigenvalue weighted by molar-refractivity contribution is 0.0911. The molecule has 1 saturated carbocycles. The average molecular weight is 286 g/mol. The van der Waals surface area contributed by atoms with Gasteiger partial charge in [-0.3, -0.25) is 4.79 Å². The molecule has 3 nitrogen and oxygen atoms in total. The molecule has 1 heterocycles. The van der Waals surface area contributed by atoms with Crippen LogP contribution in [0, 0.1) is 5.92 Å². The highest BCUT2D eigenvalue weighted by Crippen LogP contribution is 2.26. The molecule has 1 aliphatic carbocycles. The van der Waals surface area contributed by atoms with Crippen molar-refractivity contribution in [2.24, 2.45) is 5.92 Å². The number of carbonyl (C=O) groups is 1. The van der Waals surface area contributed by atoms with E-state index in [0.29, 0.717) is 17.5 Å². The Morgan fingerprint density at radius 3 is 3.00 bits per heavy atom. The van der Waals surface area contributed by atoms with Gasteiger partial charge < -0.3 is 9.73 Å². The highest BCUT2D eigenvalue weighted by atomic mass is 79.9. The molecule has 0 aromatic carbocycles. The molecule has 1 aliphatic rings. The lowest BCUT2D eigenvalue weighted by Crippen LogP contribution is -2.42. The third kappa shape index (κ3) is 2.67. The standard InChI is InChI=1S/C12H16BrNO2/c13-7-9-3-1-2-4-11(9)14-12(15)10-5-6-16-8-10/h5-6,8-9,11H,1-4,7H2,(H,14,15). The van der Waals surface area contributed by atoms with Gasteiger partial charge in [0.2, 0.25) is 0 Å². The summed E-state index contributed by atoms with van der Waals surface area (Å²) in [4.78, 5) is 11.8. The molecule has 1 fully saturated rings. The third-order valence-corrected chi connectivity index (χ3v) is 4.04.